The highest BCUT2D eigenvalue weighted by Gasteiger charge is 2.42. The molecule has 3 aliphatic rings. The summed E-state index contributed by atoms with van der Waals surface area (Å²) in [5, 5.41) is 6.87. The van der Waals surface area contributed by atoms with Crippen LogP contribution in [0, 0.1) is 12.3 Å². The summed E-state index contributed by atoms with van der Waals surface area (Å²) < 4.78 is 0. The highest BCUT2D eigenvalue weighted by Crippen LogP contribution is 2.48. The third-order valence-electron chi connectivity index (χ3n) is 7.43. The average Bonchev–Trinajstić information content (AvgIpc) is 3.24. The van der Waals surface area contributed by atoms with Crippen LogP contribution in [0.1, 0.15) is 69.5 Å². The second-order valence-electron chi connectivity index (χ2n) is 11.0. The van der Waals surface area contributed by atoms with Gasteiger partial charge in [0.15, 0.2) is 5.78 Å². The van der Waals surface area contributed by atoms with Crippen molar-refractivity contribution in [2.45, 2.75) is 71.4 Å². The molecule has 5 heteroatoms. The van der Waals surface area contributed by atoms with Crippen LogP contribution in [0.4, 0.5) is 11.4 Å². The summed E-state index contributed by atoms with van der Waals surface area (Å²) in [7, 11) is 0. The first-order valence-corrected chi connectivity index (χ1v) is 12.6. The molecule has 1 amide bonds. The predicted octanol–water partition coefficient (Wildman–Crippen LogP) is 5.67. The summed E-state index contributed by atoms with van der Waals surface area (Å²) in [5.74, 6) is 0.185. The SMILES string of the molecule is Cc1ccc(C2C3=C(CC(C)(C)CC3=O)Nc3ccccc3N2CC(=O)NC2CCCC2)cc1. The third-order valence-corrected chi connectivity index (χ3v) is 7.43. The maximum absolute atomic E-state index is 13.7. The van der Waals surface area contributed by atoms with Crippen molar-refractivity contribution in [3.63, 3.8) is 0 Å². The van der Waals surface area contributed by atoms with Crippen LogP contribution in [-0.2, 0) is 9.59 Å². The number of fused-ring (bicyclic) bond motifs is 1. The summed E-state index contributed by atoms with van der Waals surface area (Å²) in [6.07, 6.45) is 5.76. The van der Waals surface area contributed by atoms with Crippen LogP contribution in [0.15, 0.2) is 59.8 Å². The van der Waals surface area contributed by atoms with Crippen LogP contribution in [0.2, 0.25) is 0 Å². The van der Waals surface area contributed by atoms with Crippen LogP contribution in [-0.4, -0.2) is 24.3 Å². The minimum Gasteiger partial charge on any atom is -0.357 e. The molecule has 178 valence electrons. The second kappa shape index (κ2) is 8.94. The van der Waals surface area contributed by atoms with Gasteiger partial charge in [-0.25, -0.2) is 0 Å². The van der Waals surface area contributed by atoms with E-state index in [1.807, 2.05) is 18.2 Å². The fourth-order valence-corrected chi connectivity index (χ4v) is 5.82. The molecular weight excluding hydrogens is 422 g/mol. The number of ketones is 1. The molecule has 0 spiro atoms. The van der Waals surface area contributed by atoms with Crippen molar-refractivity contribution < 1.29 is 9.59 Å². The molecular formula is C29H35N3O2. The van der Waals surface area contributed by atoms with Crippen molar-refractivity contribution in [3.05, 3.63) is 70.9 Å². The number of aryl methyl sites for hydroxylation is 1. The van der Waals surface area contributed by atoms with E-state index in [0.29, 0.717) is 6.42 Å². The van der Waals surface area contributed by atoms with E-state index in [1.165, 1.54) is 18.4 Å². The van der Waals surface area contributed by atoms with Gasteiger partial charge in [-0.15, -0.1) is 0 Å². The van der Waals surface area contributed by atoms with Crippen LogP contribution in [0.25, 0.3) is 0 Å². The van der Waals surface area contributed by atoms with Crippen LogP contribution < -0.4 is 15.5 Å². The van der Waals surface area contributed by atoms with Crippen molar-refractivity contribution in [1.82, 2.24) is 5.32 Å². The Morgan fingerprint density at radius 1 is 1.06 bits per heavy atom. The lowest BCUT2D eigenvalue weighted by molar-refractivity contribution is -0.121. The van der Waals surface area contributed by atoms with E-state index in [9.17, 15) is 9.59 Å². The summed E-state index contributed by atoms with van der Waals surface area (Å²) in [6.45, 7) is 6.59. The molecule has 1 heterocycles. The molecule has 5 rings (SSSR count). The zero-order valence-corrected chi connectivity index (χ0v) is 20.5. The zero-order valence-electron chi connectivity index (χ0n) is 20.5. The first-order valence-electron chi connectivity index (χ1n) is 12.6. The van der Waals surface area contributed by atoms with E-state index in [2.05, 4.69) is 66.6 Å². The van der Waals surface area contributed by atoms with Crippen molar-refractivity contribution in [1.29, 1.82) is 0 Å². The lowest BCUT2D eigenvalue weighted by Gasteiger charge is -2.38. The van der Waals surface area contributed by atoms with E-state index in [1.54, 1.807) is 0 Å². The van der Waals surface area contributed by atoms with Gasteiger partial charge < -0.3 is 15.5 Å². The van der Waals surface area contributed by atoms with Crippen molar-refractivity contribution in [2.75, 3.05) is 16.8 Å². The monoisotopic (exact) mass is 457 g/mol. The Kier molecular flexibility index (Phi) is 5.97. The van der Waals surface area contributed by atoms with Gasteiger partial charge in [-0.05, 0) is 49.3 Å². The Bertz CT molecular complexity index is 1130. The van der Waals surface area contributed by atoms with Gasteiger partial charge in [0.25, 0.3) is 0 Å². The number of allylic oxidation sites excluding steroid dienone is 1. The molecule has 1 saturated carbocycles. The fourth-order valence-electron chi connectivity index (χ4n) is 5.82. The van der Waals surface area contributed by atoms with Gasteiger partial charge in [-0.2, -0.15) is 0 Å². The lowest BCUT2D eigenvalue weighted by Crippen LogP contribution is -2.44. The normalized spacial score (nSPS) is 22.0. The zero-order chi connectivity index (χ0) is 23.9. The molecule has 0 saturated heterocycles. The molecule has 1 atom stereocenters. The maximum Gasteiger partial charge on any atom is 0.239 e. The first kappa shape index (κ1) is 22.7. The molecule has 0 aromatic heterocycles. The highest BCUT2D eigenvalue weighted by molar-refractivity contribution is 6.01. The van der Waals surface area contributed by atoms with Crippen molar-refractivity contribution in [3.8, 4) is 0 Å². The molecule has 0 radical (unpaired) electrons. The van der Waals surface area contributed by atoms with E-state index in [4.69, 9.17) is 0 Å². The van der Waals surface area contributed by atoms with E-state index in [-0.39, 0.29) is 35.7 Å². The van der Waals surface area contributed by atoms with Gasteiger partial charge >= 0.3 is 0 Å². The number of anilines is 2. The number of carbonyl (C=O) groups excluding carboxylic acids is 2. The number of benzene rings is 2. The van der Waals surface area contributed by atoms with Gasteiger partial charge in [0.1, 0.15) is 0 Å². The fraction of sp³-hybridized carbons (Fsp3) is 0.448. The first-order chi connectivity index (χ1) is 16.3. The quantitative estimate of drug-likeness (QED) is 0.621. The Morgan fingerprint density at radius 3 is 2.50 bits per heavy atom. The summed E-state index contributed by atoms with van der Waals surface area (Å²) >= 11 is 0. The minimum atomic E-state index is -0.315. The largest absolute Gasteiger partial charge is 0.357 e. The van der Waals surface area contributed by atoms with Crippen LogP contribution in [0.5, 0.6) is 0 Å². The predicted molar refractivity (Wildman–Crippen MR) is 137 cm³/mol. The number of carbonyl (C=O) groups is 2. The van der Waals surface area contributed by atoms with Gasteiger partial charge in [-0.3, -0.25) is 9.59 Å². The molecule has 1 aliphatic heterocycles. The number of nitrogens with one attached hydrogen (secondary N) is 2. The molecule has 2 aromatic rings. The summed E-state index contributed by atoms with van der Waals surface area (Å²) in [4.78, 5) is 29.1. The van der Waals surface area contributed by atoms with Crippen molar-refractivity contribution >= 4 is 23.1 Å². The van der Waals surface area contributed by atoms with Gasteiger partial charge in [0, 0.05) is 23.7 Å². The Morgan fingerprint density at radius 2 is 1.76 bits per heavy atom. The van der Waals surface area contributed by atoms with Crippen LogP contribution >= 0.6 is 0 Å². The third kappa shape index (κ3) is 4.48. The number of hydrogen-bond donors (Lipinski definition) is 2. The topological polar surface area (TPSA) is 61.4 Å². The maximum atomic E-state index is 13.7. The van der Waals surface area contributed by atoms with Crippen LogP contribution in [0.3, 0.4) is 0 Å². The number of Topliss-reactive ketones (excluding diaryl/α,β-unsaturated/α-hetero) is 1. The summed E-state index contributed by atoms with van der Waals surface area (Å²) in [6, 6.07) is 16.5. The summed E-state index contributed by atoms with van der Waals surface area (Å²) in [5.41, 5.74) is 5.79. The van der Waals surface area contributed by atoms with Crippen molar-refractivity contribution in [2.24, 2.45) is 5.41 Å². The Balaban J connectivity index is 1.62. The Labute approximate surface area is 202 Å². The molecule has 2 aliphatic carbocycles. The number of hydrogen-bond acceptors (Lipinski definition) is 4. The second-order valence-corrected chi connectivity index (χ2v) is 11.0. The molecule has 1 unspecified atom stereocenters. The lowest BCUT2D eigenvalue weighted by atomic mass is 9.73. The molecule has 34 heavy (non-hydrogen) atoms. The molecule has 5 nitrogen and oxygen atoms in total. The van der Waals surface area contributed by atoms with E-state index < -0.39 is 0 Å². The number of rotatable bonds is 4. The number of nitrogens with zero attached hydrogens (tertiary/aromatic N) is 1. The number of amides is 1. The molecule has 2 N–H and O–H groups in total. The van der Waals surface area contributed by atoms with Gasteiger partial charge in [-0.1, -0.05) is 68.7 Å². The molecule has 0 bridgehead atoms. The van der Waals surface area contributed by atoms with Gasteiger partial charge in [0.2, 0.25) is 5.91 Å². The minimum absolute atomic E-state index is 0.0199. The molecule has 2 aromatic carbocycles. The highest BCUT2D eigenvalue weighted by atomic mass is 16.2. The number of para-hydroxylation sites is 2. The smallest absolute Gasteiger partial charge is 0.239 e. The van der Waals surface area contributed by atoms with Gasteiger partial charge in [0.05, 0.1) is 24.0 Å². The Hall–Kier alpha value is -3.08. The molecule has 1 fully saturated rings. The standard InChI is InChI=1S/C29H35N3O2/c1-19-12-14-20(15-13-19)28-27-23(16-29(2,3)17-25(27)33)31-22-10-6-7-11-24(22)32(28)18-26(34)30-21-8-4-5-9-21/h6-7,10-15,21,28,31H,4-5,8-9,16-18H2,1-3H3,(H,30,34). The average molecular weight is 458 g/mol. The van der Waals surface area contributed by atoms with E-state index in [0.717, 1.165) is 47.5 Å². The van der Waals surface area contributed by atoms with E-state index >= 15 is 0 Å².